The summed E-state index contributed by atoms with van der Waals surface area (Å²) in [7, 11) is 0. The van der Waals surface area contributed by atoms with Gasteiger partial charge >= 0.3 is 5.97 Å². The number of aromatic nitrogens is 2. The number of hydrogen-bond donors (Lipinski definition) is 2. The lowest BCUT2D eigenvalue weighted by Crippen LogP contribution is -2.51. The maximum atomic E-state index is 12.2. The van der Waals surface area contributed by atoms with Crippen molar-refractivity contribution < 1.29 is 14.7 Å². The molecule has 98 valence electrons. The maximum absolute atomic E-state index is 12.2. The Hall–Kier alpha value is -1.89. The van der Waals surface area contributed by atoms with Gasteiger partial charge in [-0.15, -0.1) is 0 Å². The number of nitrogens with zero attached hydrogens (tertiary/aromatic N) is 3. The van der Waals surface area contributed by atoms with Gasteiger partial charge in [0.2, 0.25) is 5.91 Å². The van der Waals surface area contributed by atoms with Crippen LogP contribution < -0.4 is 5.73 Å². The molecule has 0 spiro atoms. The minimum Gasteiger partial charge on any atom is -0.480 e. The summed E-state index contributed by atoms with van der Waals surface area (Å²) < 4.78 is 1.54. The average molecular weight is 252 g/mol. The van der Waals surface area contributed by atoms with Crippen molar-refractivity contribution in [3.8, 4) is 0 Å². The van der Waals surface area contributed by atoms with Crippen LogP contribution in [0.25, 0.3) is 0 Å². The lowest BCUT2D eigenvalue weighted by molar-refractivity contribution is -0.143. The molecule has 1 aliphatic rings. The van der Waals surface area contributed by atoms with E-state index in [9.17, 15) is 9.59 Å². The van der Waals surface area contributed by atoms with Crippen LogP contribution in [0.2, 0.25) is 0 Å². The second-order valence-electron chi connectivity index (χ2n) is 4.63. The van der Waals surface area contributed by atoms with Gasteiger partial charge in [0.05, 0.1) is 0 Å². The molecule has 0 bridgehead atoms. The van der Waals surface area contributed by atoms with Crippen molar-refractivity contribution in [2.45, 2.75) is 24.9 Å². The summed E-state index contributed by atoms with van der Waals surface area (Å²) in [5, 5.41) is 13.0. The molecule has 0 saturated carbocycles. The van der Waals surface area contributed by atoms with Crippen LogP contribution in [0, 0.1) is 0 Å². The Morgan fingerprint density at radius 2 is 2.28 bits per heavy atom. The second-order valence-corrected chi connectivity index (χ2v) is 4.63. The van der Waals surface area contributed by atoms with Gasteiger partial charge in [-0.1, -0.05) is 0 Å². The molecule has 1 fully saturated rings. The van der Waals surface area contributed by atoms with Crippen LogP contribution in [0.4, 0.5) is 0 Å². The average Bonchev–Trinajstić information content (AvgIpc) is 2.96. The fraction of sp³-hybridized carbons (Fsp3) is 0.545. The Morgan fingerprint density at radius 1 is 1.56 bits per heavy atom. The summed E-state index contributed by atoms with van der Waals surface area (Å²) in [5.41, 5.74) is 4.41. The Labute approximate surface area is 104 Å². The molecular formula is C11H16N4O3. The monoisotopic (exact) mass is 252 g/mol. The van der Waals surface area contributed by atoms with E-state index in [-0.39, 0.29) is 18.9 Å². The Kier molecular flexibility index (Phi) is 3.08. The van der Waals surface area contributed by atoms with Crippen molar-refractivity contribution in [3.63, 3.8) is 0 Å². The summed E-state index contributed by atoms with van der Waals surface area (Å²) >= 11 is 0. The molecule has 2 atom stereocenters. The highest BCUT2D eigenvalue weighted by Gasteiger charge is 2.43. The molecule has 1 aromatic heterocycles. The predicted octanol–water partition coefficient (Wildman–Crippen LogP) is -0.541. The lowest BCUT2D eigenvalue weighted by atomic mass is 10.0. The van der Waals surface area contributed by atoms with Gasteiger partial charge in [0, 0.05) is 25.5 Å². The Bertz CT molecular complexity index is 459. The van der Waals surface area contributed by atoms with Crippen LogP contribution in [0.15, 0.2) is 18.5 Å². The van der Waals surface area contributed by atoms with Gasteiger partial charge in [-0.2, -0.15) is 5.10 Å². The molecule has 7 nitrogen and oxygen atoms in total. The first-order valence-electron chi connectivity index (χ1n) is 5.74. The first kappa shape index (κ1) is 12.6. The zero-order valence-corrected chi connectivity index (χ0v) is 10.1. The van der Waals surface area contributed by atoms with E-state index in [0.717, 1.165) is 0 Å². The molecule has 1 aliphatic heterocycles. The lowest BCUT2D eigenvalue weighted by Gasteiger charge is -2.23. The van der Waals surface area contributed by atoms with Gasteiger partial charge in [-0.05, 0) is 19.4 Å². The van der Waals surface area contributed by atoms with Gasteiger partial charge in [0.15, 0.2) is 0 Å². The van der Waals surface area contributed by atoms with E-state index in [1.807, 2.05) is 0 Å². The molecule has 0 aliphatic carbocycles. The summed E-state index contributed by atoms with van der Waals surface area (Å²) in [6.45, 7) is 2.15. The number of carbonyl (C=O) groups excluding carboxylic acids is 1. The van der Waals surface area contributed by atoms with Gasteiger partial charge in [-0.25, -0.2) is 0 Å². The smallest absolute Gasteiger partial charge is 0.325 e. The number of amides is 1. The molecule has 0 aromatic carbocycles. The zero-order valence-electron chi connectivity index (χ0n) is 10.1. The van der Waals surface area contributed by atoms with Crippen LogP contribution in [-0.2, 0) is 9.59 Å². The van der Waals surface area contributed by atoms with Crippen molar-refractivity contribution in [1.29, 1.82) is 0 Å². The Balaban J connectivity index is 2.06. The van der Waals surface area contributed by atoms with Crippen molar-refractivity contribution in [3.05, 3.63) is 18.5 Å². The topological polar surface area (TPSA) is 101 Å². The quantitative estimate of drug-likeness (QED) is 0.752. The zero-order chi connectivity index (χ0) is 13.3. The Morgan fingerprint density at radius 3 is 2.78 bits per heavy atom. The number of carboxylic acids is 1. The van der Waals surface area contributed by atoms with E-state index in [0.29, 0.717) is 6.54 Å². The highest BCUT2D eigenvalue weighted by Crippen LogP contribution is 2.21. The first-order valence-corrected chi connectivity index (χ1v) is 5.74. The van der Waals surface area contributed by atoms with E-state index in [1.165, 1.54) is 4.90 Å². The van der Waals surface area contributed by atoms with Gasteiger partial charge < -0.3 is 15.7 Å². The second kappa shape index (κ2) is 4.41. The number of carbonyl (C=O) groups is 2. The van der Waals surface area contributed by atoms with Crippen LogP contribution in [0.3, 0.4) is 0 Å². The van der Waals surface area contributed by atoms with Crippen LogP contribution in [-0.4, -0.2) is 50.3 Å². The van der Waals surface area contributed by atoms with E-state index in [1.54, 1.807) is 30.1 Å². The van der Waals surface area contributed by atoms with Crippen molar-refractivity contribution in [2.24, 2.45) is 5.73 Å². The van der Waals surface area contributed by atoms with Crippen molar-refractivity contribution in [1.82, 2.24) is 14.7 Å². The number of aliphatic carboxylic acids is 1. The first-order chi connectivity index (χ1) is 8.44. The highest BCUT2D eigenvalue weighted by atomic mass is 16.4. The minimum atomic E-state index is -1.32. The maximum Gasteiger partial charge on any atom is 0.325 e. The molecule has 18 heavy (non-hydrogen) atoms. The largest absolute Gasteiger partial charge is 0.480 e. The molecule has 3 N–H and O–H groups in total. The molecule has 7 heteroatoms. The third-order valence-electron chi connectivity index (χ3n) is 3.32. The molecule has 1 aromatic rings. The normalized spacial score (nSPS) is 25.1. The third kappa shape index (κ3) is 2.08. The fourth-order valence-electron chi connectivity index (χ4n) is 2.08. The molecular weight excluding hydrogens is 236 g/mol. The van der Waals surface area contributed by atoms with E-state index in [4.69, 9.17) is 10.8 Å². The number of rotatable bonds is 3. The van der Waals surface area contributed by atoms with Crippen LogP contribution in [0.5, 0.6) is 0 Å². The van der Waals surface area contributed by atoms with Crippen molar-refractivity contribution >= 4 is 11.9 Å². The minimum absolute atomic E-state index is 0.0484. The predicted molar refractivity (Wildman–Crippen MR) is 62.7 cm³/mol. The number of likely N-dealkylation sites (tertiary alicyclic amines) is 1. The van der Waals surface area contributed by atoms with E-state index < -0.39 is 17.6 Å². The van der Waals surface area contributed by atoms with Crippen LogP contribution >= 0.6 is 0 Å². The fourth-order valence-corrected chi connectivity index (χ4v) is 2.08. The molecule has 2 rings (SSSR count). The highest BCUT2D eigenvalue weighted by molar-refractivity contribution is 5.84. The van der Waals surface area contributed by atoms with E-state index >= 15 is 0 Å². The molecule has 1 amide bonds. The van der Waals surface area contributed by atoms with E-state index in [2.05, 4.69) is 5.10 Å². The summed E-state index contributed by atoms with van der Waals surface area (Å²) in [4.78, 5) is 24.7. The summed E-state index contributed by atoms with van der Waals surface area (Å²) in [6, 6.07) is 1.29. The van der Waals surface area contributed by atoms with Crippen LogP contribution in [0.1, 0.15) is 19.4 Å². The van der Waals surface area contributed by atoms with Gasteiger partial charge in [0.25, 0.3) is 0 Å². The van der Waals surface area contributed by atoms with Crippen molar-refractivity contribution in [2.75, 3.05) is 13.1 Å². The molecule has 0 radical (unpaired) electrons. The number of hydrogen-bond acceptors (Lipinski definition) is 4. The SMILES string of the molecule is CC(C(=O)N1CCC(N)(C(=O)O)C1)n1cccn1. The molecule has 1 saturated heterocycles. The van der Waals surface area contributed by atoms with Gasteiger partial charge in [0.1, 0.15) is 11.6 Å². The third-order valence-corrected chi connectivity index (χ3v) is 3.32. The number of nitrogens with two attached hydrogens (primary N) is 1. The summed E-state index contributed by atoms with van der Waals surface area (Å²) in [6.07, 6.45) is 3.57. The van der Waals surface area contributed by atoms with Gasteiger partial charge in [-0.3, -0.25) is 14.3 Å². The standard InChI is InChI=1S/C11H16N4O3/c1-8(15-5-2-4-13-15)9(16)14-6-3-11(12,7-14)10(17)18/h2,4-5,8H,3,6-7,12H2,1H3,(H,17,18). The molecule has 2 heterocycles. The number of carboxylic acid groups (broad SMARTS) is 1. The molecule has 2 unspecified atom stereocenters. The summed E-state index contributed by atoms with van der Waals surface area (Å²) in [5.74, 6) is -1.23.